The number of anilines is 1. The SMILES string of the molecule is COc1c(Cl)cc(/C(O)=C2\C(=O)C(=O)N(c3cccc(OC(F)(F)F)c3)C2c2ccccc2)cc1Cl. The van der Waals surface area contributed by atoms with Gasteiger partial charge in [0.15, 0.2) is 5.75 Å². The van der Waals surface area contributed by atoms with Gasteiger partial charge in [0.25, 0.3) is 11.7 Å². The zero-order chi connectivity index (χ0) is 26.2. The minimum absolute atomic E-state index is 0.0406. The normalized spacial score (nSPS) is 17.4. The molecule has 1 N–H and O–H groups in total. The van der Waals surface area contributed by atoms with Crippen LogP contribution < -0.4 is 14.4 Å². The standard InChI is InChI=1S/C25H16Cl2F3NO5/c1-35-23-17(26)10-14(11-18(23)27)21(32)19-20(13-6-3-2-4-7-13)31(24(34)22(19)33)15-8-5-9-16(12-15)36-25(28,29)30/h2-12,20,32H,1H3/b21-19+. The second-order valence-electron chi connectivity index (χ2n) is 7.60. The maximum absolute atomic E-state index is 13.2. The molecule has 186 valence electrons. The molecule has 1 amide bonds. The Hall–Kier alpha value is -3.69. The van der Waals surface area contributed by atoms with Crippen molar-refractivity contribution in [3.63, 3.8) is 0 Å². The number of nitrogens with zero attached hydrogens (tertiary/aromatic N) is 1. The van der Waals surface area contributed by atoms with E-state index in [4.69, 9.17) is 27.9 Å². The Morgan fingerprint density at radius 2 is 1.61 bits per heavy atom. The van der Waals surface area contributed by atoms with Crippen molar-refractivity contribution in [3.8, 4) is 11.5 Å². The van der Waals surface area contributed by atoms with Crippen LogP contribution in [0.5, 0.6) is 11.5 Å². The highest BCUT2D eigenvalue weighted by Gasteiger charge is 2.47. The van der Waals surface area contributed by atoms with Crippen LogP contribution in [0.2, 0.25) is 10.0 Å². The molecular formula is C25H16Cl2F3NO5. The zero-order valence-corrected chi connectivity index (χ0v) is 19.9. The molecule has 1 heterocycles. The van der Waals surface area contributed by atoms with Gasteiger partial charge >= 0.3 is 6.36 Å². The van der Waals surface area contributed by atoms with Gasteiger partial charge in [0.2, 0.25) is 0 Å². The third kappa shape index (κ3) is 4.84. The minimum Gasteiger partial charge on any atom is -0.507 e. The summed E-state index contributed by atoms with van der Waals surface area (Å²) in [6, 6.07) is 14.3. The average Bonchev–Trinajstić information content (AvgIpc) is 3.08. The summed E-state index contributed by atoms with van der Waals surface area (Å²) in [6.45, 7) is 0. The van der Waals surface area contributed by atoms with Crippen LogP contribution in [0.25, 0.3) is 5.76 Å². The number of carbonyl (C=O) groups excluding carboxylic acids is 2. The second-order valence-corrected chi connectivity index (χ2v) is 8.41. The Kier molecular flexibility index (Phi) is 6.88. The molecule has 0 aromatic heterocycles. The molecule has 3 aromatic carbocycles. The van der Waals surface area contributed by atoms with E-state index in [0.29, 0.717) is 5.56 Å². The number of ether oxygens (including phenoxy) is 2. The molecule has 36 heavy (non-hydrogen) atoms. The molecule has 1 unspecified atom stereocenters. The van der Waals surface area contributed by atoms with Gasteiger partial charge < -0.3 is 14.6 Å². The van der Waals surface area contributed by atoms with Crippen molar-refractivity contribution in [2.75, 3.05) is 12.0 Å². The van der Waals surface area contributed by atoms with E-state index in [1.54, 1.807) is 30.3 Å². The number of aliphatic hydroxyl groups excluding tert-OH is 1. The third-order valence-corrected chi connectivity index (χ3v) is 5.93. The molecule has 0 aliphatic carbocycles. The molecule has 1 fully saturated rings. The first-order valence-electron chi connectivity index (χ1n) is 10.3. The number of carbonyl (C=O) groups is 2. The smallest absolute Gasteiger partial charge is 0.507 e. The zero-order valence-electron chi connectivity index (χ0n) is 18.3. The number of amides is 1. The van der Waals surface area contributed by atoms with Gasteiger partial charge in [-0.3, -0.25) is 14.5 Å². The molecule has 1 aliphatic rings. The number of hydrogen-bond acceptors (Lipinski definition) is 5. The number of aliphatic hydroxyl groups is 1. The van der Waals surface area contributed by atoms with Gasteiger partial charge in [-0.15, -0.1) is 13.2 Å². The highest BCUT2D eigenvalue weighted by molar-refractivity contribution is 6.51. The largest absolute Gasteiger partial charge is 0.573 e. The number of benzene rings is 3. The van der Waals surface area contributed by atoms with Crippen LogP contribution in [0.4, 0.5) is 18.9 Å². The number of ketones is 1. The number of Topliss-reactive ketones (excluding diaryl/α,β-unsaturated/α-hetero) is 1. The molecular weight excluding hydrogens is 522 g/mol. The molecule has 4 rings (SSSR count). The van der Waals surface area contributed by atoms with Crippen LogP contribution >= 0.6 is 23.2 Å². The van der Waals surface area contributed by atoms with Crippen LogP contribution in [-0.4, -0.2) is 30.3 Å². The number of hydrogen-bond donors (Lipinski definition) is 1. The quantitative estimate of drug-likeness (QED) is 0.227. The van der Waals surface area contributed by atoms with Crippen molar-refractivity contribution in [1.29, 1.82) is 0 Å². The van der Waals surface area contributed by atoms with Gasteiger partial charge in [0.05, 0.1) is 28.8 Å². The number of methoxy groups -OCH3 is 1. The lowest BCUT2D eigenvalue weighted by Crippen LogP contribution is -2.29. The summed E-state index contributed by atoms with van der Waals surface area (Å²) < 4.78 is 47.4. The van der Waals surface area contributed by atoms with E-state index in [1.165, 1.54) is 31.4 Å². The van der Waals surface area contributed by atoms with E-state index in [2.05, 4.69) is 4.74 Å². The lowest BCUT2D eigenvalue weighted by molar-refractivity contribution is -0.274. The molecule has 0 bridgehead atoms. The molecule has 0 spiro atoms. The van der Waals surface area contributed by atoms with Crippen LogP contribution in [0.1, 0.15) is 17.2 Å². The summed E-state index contributed by atoms with van der Waals surface area (Å²) in [7, 11) is 1.35. The van der Waals surface area contributed by atoms with Gasteiger partial charge in [0, 0.05) is 17.3 Å². The van der Waals surface area contributed by atoms with Crippen LogP contribution in [0.3, 0.4) is 0 Å². The van der Waals surface area contributed by atoms with E-state index in [-0.39, 0.29) is 32.6 Å². The van der Waals surface area contributed by atoms with Gasteiger partial charge in [-0.25, -0.2) is 0 Å². The molecule has 11 heteroatoms. The lowest BCUT2D eigenvalue weighted by atomic mass is 9.95. The van der Waals surface area contributed by atoms with Gasteiger partial charge in [-0.1, -0.05) is 59.6 Å². The predicted molar refractivity (Wildman–Crippen MR) is 127 cm³/mol. The fourth-order valence-corrected chi connectivity index (χ4v) is 4.57. The number of halogens is 5. The minimum atomic E-state index is -4.96. The Balaban J connectivity index is 1.91. The highest BCUT2D eigenvalue weighted by atomic mass is 35.5. The Morgan fingerprint density at radius 3 is 2.19 bits per heavy atom. The fourth-order valence-electron chi connectivity index (χ4n) is 3.93. The van der Waals surface area contributed by atoms with Crippen LogP contribution in [0, 0.1) is 0 Å². The van der Waals surface area contributed by atoms with Crippen molar-refractivity contribution in [2.45, 2.75) is 12.4 Å². The van der Waals surface area contributed by atoms with Crippen LogP contribution in [-0.2, 0) is 9.59 Å². The third-order valence-electron chi connectivity index (χ3n) is 5.36. The van der Waals surface area contributed by atoms with Gasteiger partial charge in [-0.2, -0.15) is 0 Å². The van der Waals surface area contributed by atoms with E-state index in [9.17, 15) is 27.9 Å². The Bertz CT molecular complexity index is 1350. The van der Waals surface area contributed by atoms with Crippen LogP contribution in [0.15, 0.2) is 72.3 Å². The monoisotopic (exact) mass is 537 g/mol. The van der Waals surface area contributed by atoms with Crippen molar-refractivity contribution in [3.05, 3.63) is 93.5 Å². The van der Waals surface area contributed by atoms with E-state index >= 15 is 0 Å². The molecule has 6 nitrogen and oxygen atoms in total. The predicted octanol–water partition coefficient (Wildman–Crippen LogP) is 6.53. The molecule has 1 atom stereocenters. The van der Waals surface area contributed by atoms with Crippen molar-refractivity contribution < 1.29 is 37.3 Å². The van der Waals surface area contributed by atoms with Crippen molar-refractivity contribution in [2.24, 2.45) is 0 Å². The van der Waals surface area contributed by atoms with E-state index < -0.39 is 35.6 Å². The summed E-state index contributed by atoms with van der Waals surface area (Å²) in [4.78, 5) is 27.3. The average molecular weight is 538 g/mol. The molecule has 3 aromatic rings. The molecule has 0 saturated carbocycles. The topological polar surface area (TPSA) is 76.1 Å². The Labute approximate surface area is 213 Å². The number of rotatable bonds is 5. The maximum atomic E-state index is 13.2. The van der Waals surface area contributed by atoms with Gasteiger partial charge in [-0.05, 0) is 29.8 Å². The Morgan fingerprint density at radius 1 is 0.972 bits per heavy atom. The maximum Gasteiger partial charge on any atom is 0.573 e. The first kappa shape index (κ1) is 25.4. The summed E-state index contributed by atoms with van der Waals surface area (Å²) in [5.74, 6) is -3.11. The highest BCUT2D eigenvalue weighted by Crippen LogP contribution is 2.44. The molecule has 1 saturated heterocycles. The van der Waals surface area contributed by atoms with E-state index in [1.807, 2.05) is 0 Å². The summed E-state index contributed by atoms with van der Waals surface area (Å²) in [6.07, 6.45) is -4.96. The molecule has 0 radical (unpaired) electrons. The summed E-state index contributed by atoms with van der Waals surface area (Å²) >= 11 is 12.4. The van der Waals surface area contributed by atoms with Gasteiger partial charge in [0.1, 0.15) is 11.5 Å². The summed E-state index contributed by atoms with van der Waals surface area (Å²) in [5, 5.41) is 11.3. The number of alkyl halides is 3. The van der Waals surface area contributed by atoms with E-state index in [0.717, 1.165) is 17.0 Å². The fraction of sp³-hybridized carbons (Fsp3) is 0.120. The summed E-state index contributed by atoms with van der Waals surface area (Å²) in [5.41, 5.74) is 0.119. The second kappa shape index (κ2) is 9.75. The lowest BCUT2D eigenvalue weighted by Gasteiger charge is -2.26. The first-order valence-corrected chi connectivity index (χ1v) is 11.0. The van der Waals surface area contributed by atoms with Crippen molar-refractivity contribution >= 4 is 46.3 Å². The first-order chi connectivity index (χ1) is 17.0. The molecule has 1 aliphatic heterocycles. The van der Waals surface area contributed by atoms with Crippen molar-refractivity contribution in [1.82, 2.24) is 0 Å².